The normalized spacial score (nSPS) is 11.7. The van der Waals surface area contributed by atoms with Crippen LogP contribution in [0, 0.1) is 5.82 Å². The predicted octanol–water partition coefficient (Wildman–Crippen LogP) is 3.65. The first-order valence-electron chi connectivity index (χ1n) is 7.13. The maximum Gasteiger partial charge on any atom is 0.151 e. The van der Waals surface area contributed by atoms with Gasteiger partial charge >= 0.3 is 0 Å². The summed E-state index contributed by atoms with van der Waals surface area (Å²) in [5, 5.41) is 0. The Labute approximate surface area is 124 Å². The number of nitrogens with zero attached hydrogens (tertiary/aromatic N) is 3. The van der Waals surface area contributed by atoms with E-state index in [2.05, 4.69) is 23.7 Å². The van der Waals surface area contributed by atoms with Gasteiger partial charge < -0.3 is 9.47 Å². The lowest BCUT2D eigenvalue weighted by atomic mass is 10.3. The van der Waals surface area contributed by atoms with E-state index >= 15 is 0 Å². The van der Waals surface area contributed by atoms with Crippen LogP contribution < -0.4 is 0 Å². The van der Waals surface area contributed by atoms with Crippen LogP contribution in [0.1, 0.15) is 26.1 Å². The summed E-state index contributed by atoms with van der Waals surface area (Å²) in [6, 6.07) is 5.06. The average molecular weight is 298 g/mol. The molecule has 1 heterocycles. The highest BCUT2D eigenvalue weighted by Gasteiger charge is 2.12. The summed E-state index contributed by atoms with van der Waals surface area (Å²) in [6.45, 7) is 8.28. The number of aryl methyl sites for hydroxylation is 1. The van der Waals surface area contributed by atoms with Gasteiger partial charge in [0.15, 0.2) is 5.82 Å². The van der Waals surface area contributed by atoms with Gasteiger partial charge in [0.2, 0.25) is 0 Å². The Morgan fingerprint density at radius 2 is 2.05 bits per heavy atom. The Hall–Kier alpha value is -1.13. The summed E-state index contributed by atoms with van der Waals surface area (Å²) >= 11 is 5.94. The number of rotatable bonds is 7. The molecule has 0 N–H and O–H groups in total. The number of halogens is 2. The van der Waals surface area contributed by atoms with Crippen molar-refractivity contribution in [1.82, 2.24) is 14.5 Å². The lowest BCUT2D eigenvalue weighted by Gasteiger charge is -2.18. The SMILES string of the molecule is CCN(CC)CCCn1c(CCl)nc2c(F)cccc21. The van der Waals surface area contributed by atoms with Crippen LogP contribution in [0.3, 0.4) is 0 Å². The molecule has 0 saturated heterocycles. The van der Waals surface area contributed by atoms with E-state index in [1.165, 1.54) is 6.07 Å². The highest BCUT2D eigenvalue weighted by atomic mass is 35.5. The van der Waals surface area contributed by atoms with E-state index in [1.807, 2.05) is 10.6 Å². The Bertz CT molecular complexity index is 563. The quantitative estimate of drug-likeness (QED) is 0.728. The van der Waals surface area contributed by atoms with Crippen LogP contribution in [0.2, 0.25) is 0 Å². The molecule has 0 atom stereocenters. The molecular weight excluding hydrogens is 277 g/mol. The summed E-state index contributed by atoms with van der Waals surface area (Å²) in [5.41, 5.74) is 1.26. The van der Waals surface area contributed by atoms with Crippen LogP contribution in [0.15, 0.2) is 18.2 Å². The first-order chi connectivity index (χ1) is 9.71. The van der Waals surface area contributed by atoms with Gasteiger partial charge in [-0.3, -0.25) is 0 Å². The summed E-state index contributed by atoms with van der Waals surface area (Å²) < 4.78 is 15.8. The van der Waals surface area contributed by atoms with E-state index in [1.54, 1.807) is 6.07 Å². The van der Waals surface area contributed by atoms with E-state index < -0.39 is 0 Å². The fourth-order valence-corrected chi connectivity index (χ4v) is 2.71. The lowest BCUT2D eigenvalue weighted by molar-refractivity contribution is 0.293. The minimum absolute atomic E-state index is 0.281. The van der Waals surface area contributed by atoms with Gasteiger partial charge in [0.1, 0.15) is 11.3 Å². The Kier molecular flexibility index (Phi) is 5.38. The Morgan fingerprint density at radius 1 is 1.30 bits per heavy atom. The molecule has 5 heteroatoms. The molecule has 0 spiro atoms. The number of hydrogen-bond donors (Lipinski definition) is 0. The van der Waals surface area contributed by atoms with Gasteiger partial charge in [0, 0.05) is 6.54 Å². The maximum absolute atomic E-state index is 13.7. The van der Waals surface area contributed by atoms with E-state index in [9.17, 15) is 4.39 Å². The molecule has 110 valence electrons. The second-order valence-electron chi connectivity index (χ2n) is 4.80. The van der Waals surface area contributed by atoms with E-state index in [0.29, 0.717) is 11.4 Å². The van der Waals surface area contributed by atoms with Gasteiger partial charge in [-0.25, -0.2) is 9.37 Å². The zero-order valence-corrected chi connectivity index (χ0v) is 12.8. The van der Waals surface area contributed by atoms with Crippen LogP contribution >= 0.6 is 11.6 Å². The Morgan fingerprint density at radius 3 is 2.70 bits per heavy atom. The van der Waals surface area contributed by atoms with E-state index in [4.69, 9.17) is 11.6 Å². The summed E-state index contributed by atoms with van der Waals surface area (Å²) in [7, 11) is 0. The molecule has 0 bridgehead atoms. The van der Waals surface area contributed by atoms with Crippen molar-refractivity contribution >= 4 is 22.6 Å². The molecule has 20 heavy (non-hydrogen) atoms. The van der Waals surface area contributed by atoms with E-state index in [0.717, 1.165) is 43.9 Å². The van der Waals surface area contributed by atoms with Crippen molar-refractivity contribution in [2.24, 2.45) is 0 Å². The molecular formula is C15H21ClFN3. The zero-order chi connectivity index (χ0) is 14.5. The van der Waals surface area contributed by atoms with Crippen molar-refractivity contribution in [3.63, 3.8) is 0 Å². The number of benzene rings is 1. The number of fused-ring (bicyclic) bond motifs is 1. The summed E-state index contributed by atoms with van der Waals surface area (Å²) in [4.78, 5) is 6.69. The van der Waals surface area contributed by atoms with Gasteiger partial charge in [-0.05, 0) is 38.2 Å². The molecule has 0 aliphatic carbocycles. The van der Waals surface area contributed by atoms with Gasteiger partial charge in [0.05, 0.1) is 11.4 Å². The molecule has 2 aromatic rings. The zero-order valence-electron chi connectivity index (χ0n) is 12.1. The second-order valence-corrected chi connectivity index (χ2v) is 5.07. The summed E-state index contributed by atoms with van der Waals surface area (Å²) in [6.07, 6.45) is 1.01. The van der Waals surface area contributed by atoms with Gasteiger partial charge in [-0.15, -0.1) is 11.6 Å². The topological polar surface area (TPSA) is 21.1 Å². The second kappa shape index (κ2) is 7.04. The number of para-hydroxylation sites is 1. The first-order valence-corrected chi connectivity index (χ1v) is 7.66. The fourth-order valence-electron chi connectivity index (χ4n) is 2.50. The highest BCUT2D eigenvalue weighted by Crippen LogP contribution is 2.20. The molecule has 3 nitrogen and oxygen atoms in total. The van der Waals surface area contributed by atoms with Gasteiger partial charge in [0.25, 0.3) is 0 Å². The predicted molar refractivity (Wildman–Crippen MR) is 81.7 cm³/mol. The van der Waals surface area contributed by atoms with Crippen molar-refractivity contribution < 1.29 is 4.39 Å². The van der Waals surface area contributed by atoms with Crippen LogP contribution in [0.25, 0.3) is 11.0 Å². The van der Waals surface area contributed by atoms with Crippen LogP contribution in [0.5, 0.6) is 0 Å². The monoisotopic (exact) mass is 297 g/mol. The molecule has 1 aromatic carbocycles. The molecule has 0 radical (unpaired) electrons. The fraction of sp³-hybridized carbons (Fsp3) is 0.533. The minimum atomic E-state index is -0.281. The standard InChI is InChI=1S/C15H21ClFN3/c1-3-19(4-2)9-6-10-20-13-8-5-7-12(17)15(13)18-14(20)11-16/h5,7-8H,3-4,6,9-11H2,1-2H3. The van der Waals surface area contributed by atoms with E-state index in [-0.39, 0.29) is 5.82 Å². The number of imidazole rings is 1. The average Bonchev–Trinajstić information content (AvgIpc) is 2.83. The van der Waals surface area contributed by atoms with Crippen LogP contribution in [-0.4, -0.2) is 34.1 Å². The third-order valence-electron chi connectivity index (χ3n) is 3.68. The molecule has 0 amide bonds. The van der Waals surface area contributed by atoms with Gasteiger partial charge in [-0.1, -0.05) is 19.9 Å². The smallest absolute Gasteiger partial charge is 0.151 e. The Balaban J connectivity index is 2.18. The lowest BCUT2D eigenvalue weighted by Crippen LogP contribution is -2.25. The van der Waals surface area contributed by atoms with Crippen molar-refractivity contribution in [2.45, 2.75) is 32.7 Å². The highest BCUT2D eigenvalue weighted by molar-refractivity contribution is 6.16. The third-order valence-corrected chi connectivity index (χ3v) is 3.92. The van der Waals surface area contributed by atoms with Crippen molar-refractivity contribution in [1.29, 1.82) is 0 Å². The number of hydrogen-bond acceptors (Lipinski definition) is 2. The molecule has 0 aliphatic rings. The van der Waals surface area contributed by atoms with Crippen molar-refractivity contribution in [3.05, 3.63) is 29.8 Å². The van der Waals surface area contributed by atoms with Gasteiger partial charge in [-0.2, -0.15) is 0 Å². The minimum Gasteiger partial charge on any atom is -0.327 e. The maximum atomic E-state index is 13.7. The molecule has 0 fully saturated rings. The third kappa shape index (κ3) is 3.13. The molecule has 1 aromatic heterocycles. The number of alkyl halides is 1. The first kappa shape index (κ1) is 15.3. The molecule has 0 unspecified atom stereocenters. The van der Waals surface area contributed by atoms with Crippen LogP contribution in [0.4, 0.5) is 4.39 Å². The number of aromatic nitrogens is 2. The molecule has 2 rings (SSSR count). The van der Waals surface area contributed by atoms with Crippen molar-refractivity contribution in [3.8, 4) is 0 Å². The largest absolute Gasteiger partial charge is 0.327 e. The summed E-state index contributed by atoms with van der Waals surface area (Å²) in [5.74, 6) is 0.766. The molecule has 0 saturated carbocycles. The van der Waals surface area contributed by atoms with Crippen molar-refractivity contribution in [2.75, 3.05) is 19.6 Å². The molecule has 0 aliphatic heterocycles. The van der Waals surface area contributed by atoms with Crippen LogP contribution in [-0.2, 0) is 12.4 Å².